The maximum atomic E-state index is 6.26. The summed E-state index contributed by atoms with van der Waals surface area (Å²) in [6, 6.07) is 16.8. The van der Waals surface area contributed by atoms with Crippen molar-refractivity contribution in [3.8, 4) is 0 Å². The molecule has 3 rings (SSSR count). The van der Waals surface area contributed by atoms with Crippen LogP contribution >= 0.6 is 34.2 Å². The van der Waals surface area contributed by atoms with Crippen LogP contribution in [0.1, 0.15) is 44.9 Å². The molecule has 0 fully saturated rings. The minimum absolute atomic E-state index is 0.378. The van der Waals surface area contributed by atoms with Crippen molar-refractivity contribution in [2.24, 2.45) is 0 Å². The van der Waals surface area contributed by atoms with Gasteiger partial charge in [0.05, 0.1) is 11.2 Å². The molecular formula is C26H31ClIN3. The van der Waals surface area contributed by atoms with Crippen LogP contribution in [-0.2, 0) is 0 Å². The fourth-order valence-corrected chi connectivity index (χ4v) is 4.44. The van der Waals surface area contributed by atoms with Gasteiger partial charge >= 0.3 is 0 Å². The maximum absolute atomic E-state index is 6.26. The summed E-state index contributed by atoms with van der Waals surface area (Å²) < 4.78 is 1.22. The third-order valence-corrected chi connectivity index (χ3v) is 6.76. The van der Waals surface area contributed by atoms with E-state index >= 15 is 0 Å². The predicted molar refractivity (Wildman–Crippen MR) is 145 cm³/mol. The molecule has 0 saturated heterocycles. The van der Waals surface area contributed by atoms with Crippen LogP contribution in [0.15, 0.2) is 48.5 Å². The summed E-state index contributed by atoms with van der Waals surface area (Å²) in [5.41, 5.74) is 4.14. The van der Waals surface area contributed by atoms with Crippen LogP contribution in [0.5, 0.6) is 0 Å². The van der Waals surface area contributed by atoms with E-state index in [1.807, 2.05) is 12.1 Å². The maximum Gasteiger partial charge on any atom is 0.0744 e. The van der Waals surface area contributed by atoms with Gasteiger partial charge in [-0.2, -0.15) is 0 Å². The second-order valence-corrected chi connectivity index (χ2v) is 9.42. The highest BCUT2D eigenvalue weighted by Crippen LogP contribution is 2.28. The van der Waals surface area contributed by atoms with Crippen molar-refractivity contribution >= 4 is 62.9 Å². The zero-order chi connectivity index (χ0) is 22.2. The van der Waals surface area contributed by atoms with Gasteiger partial charge in [-0.15, -0.1) is 0 Å². The summed E-state index contributed by atoms with van der Waals surface area (Å²) in [6.07, 6.45) is 6.51. The second-order valence-electron chi connectivity index (χ2n) is 7.83. The van der Waals surface area contributed by atoms with Gasteiger partial charge in [0.25, 0.3) is 0 Å². The molecule has 0 bridgehead atoms. The van der Waals surface area contributed by atoms with E-state index in [1.165, 1.54) is 15.6 Å². The van der Waals surface area contributed by atoms with Crippen molar-refractivity contribution < 1.29 is 0 Å². The van der Waals surface area contributed by atoms with Crippen molar-refractivity contribution in [3.05, 3.63) is 68.4 Å². The predicted octanol–water partition coefficient (Wildman–Crippen LogP) is 7.59. The van der Waals surface area contributed by atoms with Gasteiger partial charge in [-0.3, -0.25) is 0 Å². The number of fused-ring (bicyclic) bond motifs is 1. The first-order chi connectivity index (χ1) is 15.0. The van der Waals surface area contributed by atoms with Crippen molar-refractivity contribution in [2.75, 3.05) is 25.0 Å². The molecule has 0 radical (unpaired) electrons. The summed E-state index contributed by atoms with van der Waals surface area (Å²) >= 11 is 8.63. The topological polar surface area (TPSA) is 28.2 Å². The normalized spacial score (nSPS) is 12.7. The van der Waals surface area contributed by atoms with Gasteiger partial charge in [-0.25, -0.2) is 4.98 Å². The smallest absolute Gasteiger partial charge is 0.0744 e. The number of nitrogens with one attached hydrogen (secondary N) is 1. The summed E-state index contributed by atoms with van der Waals surface area (Å²) in [5, 5.41) is 5.54. The number of pyridine rings is 1. The first-order valence-corrected chi connectivity index (χ1v) is 12.5. The second kappa shape index (κ2) is 11.8. The molecule has 0 saturated carbocycles. The molecule has 5 heteroatoms. The molecule has 3 aromatic rings. The highest BCUT2D eigenvalue weighted by atomic mass is 127. The van der Waals surface area contributed by atoms with Crippen LogP contribution in [0, 0.1) is 3.57 Å². The summed E-state index contributed by atoms with van der Waals surface area (Å²) in [7, 11) is 0. The first kappa shape index (κ1) is 24.0. The van der Waals surface area contributed by atoms with Gasteiger partial charge in [0.2, 0.25) is 0 Å². The van der Waals surface area contributed by atoms with E-state index in [-0.39, 0.29) is 0 Å². The summed E-state index contributed by atoms with van der Waals surface area (Å²) in [6.45, 7) is 10.1. The number of hydrogen-bond donors (Lipinski definition) is 1. The zero-order valence-corrected chi connectivity index (χ0v) is 21.5. The van der Waals surface area contributed by atoms with Gasteiger partial charge in [-0.1, -0.05) is 49.7 Å². The van der Waals surface area contributed by atoms with Gasteiger partial charge in [-0.05, 0) is 104 Å². The number of anilines is 1. The van der Waals surface area contributed by atoms with E-state index in [2.05, 4.69) is 102 Å². The van der Waals surface area contributed by atoms with Crippen LogP contribution < -0.4 is 5.32 Å². The Morgan fingerprint density at radius 1 is 1.10 bits per heavy atom. The number of halogens is 2. The third-order valence-electron chi connectivity index (χ3n) is 5.54. The molecule has 1 aromatic heterocycles. The lowest BCUT2D eigenvalue weighted by atomic mass is 10.1. The summed E-state index contributed by atoms with van der Waals surface area (Å²) in [4.78, 5) is 7.31. The molecule has 0 aliphatic heterocycles. The van der Waals surface area contributed by atoms with E-state index in [0.29, 0.717) is 11.1 Å². The highest BCUT2D eigenvalue weighted by Gasteiger charge is 2.10. The molecule has 1 unspecified atom stereocenters. The Labute approximate surface area is 205 Å². The van der Waals surface area contributed by atoms with Crippen LogP contribution in [0.3, 0.4) is 0 Å². The molecule has 0 aliphatic carbocycles. The minimum Gasteiger partial charge on any atom is -0.382 e. The quantitative estimate of drug-likeness (QED) is 0.265. The molecule has 1 heterocycles. The standard InChI is InChI=1S/C26H31ClIN3/c1-4-31(5-2)16-8-9-19(3)29-26-18-22(14-12-20-10-6-7-11-24(20)28)30-25-17-21(27)13-15-23(25)26/h6-7,10-15,17-19H,4-5,8-9,16H2,1-3H3,(H,29,30)/b14-12+. The fourth-order valence-electron chi connectivity index (χ4n) is 3.71. The Hall–Kier alpha value is -1.63. The highest BCUT2D eigenvalue weighted by molar-refractivity contribution is 14.1. The van der Waals surface area contributed by atoms with E-state index in [9.17, 15) is 0 Å². The molecule has 1 N–H and O–H groups in total. The number of benzene rings is 2. The lowest BCUT2D eigenvalue weighted by Crippen LogP contribution is -2.25. The lowest BCUT2D eigenvalue weighted by Gasteiger charge is -2.21. The van der Waals surface area contributed by atoms with Crippen molar-refractivity contribution in [2.45, 2.75) is 39.7 Å². The molecule has 0 amide bonds. The molecule has 2 aromatic carbocycles. The van der Waals surface area contributed by atoms with Crippen LogP contribution in [0.25, 0.3) is 23.1 Å². The Balaban J connectivity index is 1.81. The van der Waals surface area contributed by atoms with Gasteiger partial charge in [0.1, 0.15) is 0 Å². The Bertz CT molecular complexity index is 1030. The van der Waals surface area contributed by atoms with Gasteiger partial charge in [0, 0.05) is 25.7 Å². The Morgan fingerprint density at radius 2 is 1.87 bits per heavy atom. The average molecular weight is 548 g/mol. The van der Waals surface area contributed by atoms with Crippen molar-refractivity contribution in [1.29, 1.82) is 0 Å². The Kier molecular flexibility index (Phi) is 9.17. The lowest BCUT2D eigenvalue weighted by molar-refractivity contribution is 0.295. The largest absolute Gasteiger partial charge is 0.382 e. The molecular weight excluding hydrogens is 517 g/mol. The molecule has 0 spiro atoms. The van der Waals surface area contributed by atoms with E-state index in [4.69, 9.17) is 16.6 Å². The van der Waals surface area contributed by atoms with Gasteiger partial charge in [0.15, 0.2) is 0 Å². The van der Waals surface area contributed by atoms with Crippen molar-refractivity contribution in [3.63, 3.8) is 0 Å². The number of aromatic nitrogens is 1. The van der Waals surface area contributed by atoms with Gasteiger partial charge < -0.3 is 10.2 Å². The van der Waals surface area contributed by atoms with Crippen LogP contribution in [-0.4, -0.2) is 35.6 Å². The van der Waals surface area contributed by atoms with E-state index in [0.717, 1.165) is 48.3 Å². The number of nitrogens with zero attached hydrogens (tertiary/aromatic N) is 2. The fraction of sp³-hybridized carbons (Fsp3) is 0.346. The first-order valence-electron chi connectivity index (χ1n) is 11.0. The molecule has 1 atom stereocenters. The number of rotatable bonds is 10. The zero-order valence-electron chi connectivity index (χ0n) is 18.5. The summed E-state index contributed by atoms with van der Waals surface area (Å²) in [5.74, 6) is 0. The average Bonchev–Trinajstić information content (AvgIpc) is 2.76. The van der Waals surface area contributed by atoms with Crippen LogP contribution in [0.4, 0.5) is 5.69 Å². The number of hydrogen-bond acceptors (Lipinski definition) is 3. The van der Waals surface area contributed by atoms with Crippen molar-refractivity contribution in [1.82, 2.24) is 9.88 Å². The van der Waals surface area contributed by atoms with E-state index < -0.39 is 0 Å². The minimum atomic E-state index is 0.378. The Morgan fingerprint density at radius 3 is 2.61 bits per heavy atom. The molecule has 3 nitrogen and oxygen atoms in total. The monoisotopic (exact) mass is 547 g/mol. The molecule has 31 heavy (non-hydrogen) atoms. The third kappa shape index (κ3) is 6.93. The SMILES string of the molecule is CCN(CC)CCCC(C)Nc1cc(/C=C/c2ccccc2I)nc2cc(Cl)ccc12. The van der Waals surface area contributed by atoms with E-state index in [1.54, 1.807) is 0 Å². The molecule has 164 valence electrons. The van der Waals surface area contributed by atoms with Crippen LogP contribution in [0.2, 0.25) is 5.02 Å². The molecule has 0 aliphatic rings.